The van der Waals surface area contributed by atoms with E-state index in [1.807, 2.05) is 26.0 Å². The van der Waals surface area contributed by atoms with Crippen molar-refractivity contribution in [3.05, 3.63) is 59.2 Å². The molecule has 1 N–H and O–H groups in total. The van der Waals surface area contributed by atoms with Crippen LogP contribution in [0, 0.1) is 0 Å². The van der Waals surface area contributed by atoms with Crippen molar-refractivity contribution in [2.45, 2.75) is 32.4 Å². The maximum atomic E-state index is 12.9. The minimum absolute atomic E-state index is 0.169. The molecule has 0 aromatic heterocycles. The molecule has 0 fully saturated rings. The zero-order chi connectivity index (χ0) is 20.1. The lowest BCUT2D eigenvalue weighted by molar-refractivity contribution is -0.126. The van der Waals surface area contributed by atoms with Gasteiger partial charge in [0.25, 0.3) is 11.8 Å². The molecule has 0 radical (unpaired) electrons. The molecule has 2 aliphatic heterocycles. The van der Waals surface area contributed by atoms with E-state index in [4.69, 9.17) is 9.47 Å². The van der Waals surface area contributed by atoms with Crippen LogP contribution in [0.1, 0.15) is 47.1 Å². The van der Waals surface area contributed by atoms with Gasteiger partial charge >= 0.3 is 0 Å². The Morgan fingerprint density at radius 3 is 2.29 bits per heavy atom. The van der Waals surface area contributed by atoms with Crippen molar-refractivity contribution in [1.29, 1.82) is 0 Å². The summed E-state index contributed by atoms with van der Waals surface area (Å²) < 4.78 is 10.7. The first kappa shape index (κ1) is 18.0. The summed E-state index contributed by atoms with van der Waals surface area (Å²) in [6.45, 7) is 5.41. The molecule has 3 amide bonds. The second-order valence-electron chi connectivity index (χ2n) is 7.38. The number of rotatable bonds is 4. The van der Waals surface area contributed by atoms with Crippen LogP contribution in [0.5, 0.6) is 11.5 Å². The van der Waals surface area contributed by atoms with Gasteiger partial charge in [-0.15, -0.1) is 0 Å². The Labute approximate surface area is 162 Å². The Balaban J connectivity index is 1.53. The molecule has 0 spiro atoms. The number of carbonyl (C=O) groups is 3. The number of nitrogens with one attached hydrogen (secondary N) is 1. The Hall–Kier alpha value is -3.35. The molecule has 0 aliphatic carbocycles. The van der Waals surface area contributed by atoms with Gasteiger partial charge in [-0.2, -0.15) is 0 Å². The van der Waals surface area contributed by atoms with Crippen LogP contribution in [-0.2, 0) is 10.3 Å². The Bertz CT molecular complexity index is 963. The summed E-state index contributed by atoms with van der Waals surface area (Å²) in [5.74, 6) is -0.0519. The number of nitrogens with zero attached hydrogens (tertiary/aromatic N) is 1. The van der Waals surface area contributed by atoms with Crippen molar-refractivity contribution in [3.63, 3.8) is 0 Å². The average Bonchev–Trinajstić information content (AvgIpc) is 3.24. The largest absolute Gasteiger partial charge is 0.454 e. The predicted molar refractivity (Wildman–Crippen MR) is 100 cm³/mol. The standard InChI is InChI=1S/C21H20N2O5/c1-12(23-19(25)14-6-4-5-7-15(14)20(23)26)18(24)22-21(2,3)13-8-9-16-17(10-13)28-11-27-16/h4-10,12H,11H2,1-3H3,(H,22,24)/t12-/m0/s1. The van der Waals surface area contributed by atoms with E-state index in [1.165, 1.54) is 0 Å². The molecule has 2 aliphatic rings. The Morgan fingerprint density at radius 1 is 1.04 bits per heavy atom. The Morgan fingerprint density at radius 2 is 1.64 bits per heavy atom. The van der Waals surface area contributed by atoms with Crippen molar-refractivity contribution in [2.75, 3.05) is 6.79 Å². The molecule has 2 aromatic carbocycles. The van der Waals surface area contributed by atoms with Crippen molar-refractivity contribution < 1.29 is 23.9 Å². The molecular weight excluding hydrogens is 360 g/mol. The van der Waals surface area contributed by atoms with E-state index < -0.39 is 29.3 Å². The molecular formula is C21H20N2O5. The number of benzene rings is 2. The summed E-state index contributed by atoms with van der Waals surface area (Å²) in [5, 5.41) is 2.93. The monoisotopic (exact) mass is 380 g/mol. The van der Waals surface area contributed by atoms with Crippen LogP contribution in [0.15, 0.2) is 42.5 Å². The van der Waals surface area contributed by atoms with E-state index in [1.54, 1.807) is 37.3 Å². The highest BCUT2D eigenvalue weighted by molar-refractivity contribution is 6.22. The first-order valence-corrected chi connectivity index (χ1v) is 8.98. The maximum absolute atomic E-state index is 12.9. The molecule has 0 saturated carbocycles. The van der Waals surface area contributed by atoms with Crippen molar-refractivity contribution in [1.82, 2.24) is 10.2 Å². The van der Waals surface area contributed by atoms with Crippen molar-refractivity contribution >= 4 is 17.7 Å². The fourth-order valence-electron chi connectivity index (χ4n) is 3.45. The van der Waals surface area contributed by atoms with Crippen LogP contribution < -0.4 is 14.8 Å². The molecule has 2 aromatic rings. The van der Waals surface area contributed by atoms with Crippen LogP contribution in [-0.4, -0.2) is 35.5 Å². The summed E-state index contributed by atoms with van der Waals surface area (Å²) in [6, 6.07) is 11.1. The minimum atomic E-state index is -0.944. The van der Waals surface area contributed by atoms with E-state index in [2.05, 4.69) is 5.32 Å². The first-order chi connectivity index (χ1) is 13.3. The van der Waals surface area contributed by atoms with E-state index in [0.29, 0.717) is 22.6 Å². The third-order valence-electron chi connectivity index (χ3n) is 5.12. The summed E-state index contributed by atoms with van der Waals surface area (Å²) >= 11 is 0. The molecule has 4 rings (SSSR count). The highest BCUT2D eigenvalue weighted by Gasteiger charge is 2.41. The lowest BCUT2D eigenvalue weighted by Crippen LogP contribution is -2.52. The molecule has 2 heterocycles. The normalized spacial score (nSPS) is 16.2. The summed E-state index contributed by atoms with van der Waals surface area (Å²) in [7, 11) is 0. The van der Waals surface area contributed by atoms with Gasteiger partial charge in [0.05, 0.1) is 16.7 Å². The maximum Gasteiger partial charge on any atom is 0.262 e. The van der Waals surface area contributed by atoms with E-state index in [-0.39, 0.29) is 6.79 Å². The van der Waals surface area contributed by atoms with Gasteiger partial charge in [0.15, 0.2) is 11.5 Å². The zero-order valence-corrected chi connectivity index (χ0v) is 15.8. The van der Waals surface area contributed by atoms with Crippen molar-refractivity contribution in [2.24, 2.45) is 0 Å². The van der Waals surface area contributed by atoms with Crippen LogP contribution in [0.4, 0.5) is 0 Å². The fraction of sp³-hybridized carbons (Fsp3) is 0.286. The molecule has 7 nitrogen and oxygen atoms in total. The average molecular weight is 380 g/mol. The van der Waals surface area contributed by atoms with E-state index in [0.717, 1.165) is 10.5 Å². The highest BCUT2D eigenvalue weighted by atomic mass is 16.7. The van der Waals surface area contributed by atoms with E-state index >= 15 is 0 Å². The van der Waals surface area contributed by atoms with E-state index in [9.17, 15) is 14.4 Å². The molecule has 0 bridgehead atoms. The second-order valence-corrected chi connectivity index (χ2v) is 7.38. The third kappa shape index (κ3) is 2.79. The number of fused-ring (bicyclic) bond motifs is 2. The molecule has 7 heteroatoms. The molecule has 1 atom stereocenters. The quantitative estimate of drug-likeness (QED) is 0.824. The Kier molecular flexibility index (Phi) is 4.10. The molecule has 144 valence electrons. The number of imide groups is 1. The topological polar surface area (TPSA) is 84.9 Å². The van der Waals surface area contributed by atoms with Gasteiger partial charge in [0, 0.05) is 0 Å². The van der Waals surface area contributed by atoms with Crippen LogP contribution in [0.25, 0.3) is 0 Å². The van der Waals surface area contributed by atoms with Gasteiger partial charge in [-0.1, -0.05) is 18.2 Å². The second kappa shape index (κ2) is 6.37. The number of hydrogen-bond donors (Lipinski definition) is 1. The van der Waals surface area contributed by atoms with Crippen molar-refractivity contribution in [3.8, 4) is 11.5 Å². The molecule has 28 heavy (non-hydrogen) atoms. The van der Waals surface area contributed by atoms with Gasteiger partial charge < -0.3 is 14.8 Å². The first-order valence-electron chi connectivity index (χ1n) is 8.98. The smallest absolute Gasteiger partial charge is 0.262 e. The summed E-state index contributed by atoms with van der Waals surface area (Å²) in [5.41, 5.74) is 0.717. The van der Waals surface area contributed by atoms with Gasteiger partial charge in [0.2, 0.25) is 12.7 Å². The summed E-state index contributed by atoms with van der Waals surface area (Å²) in [4.78, 5) is 39.1. The lowest BCUT2D eigenvalue weighted by atomic mass is 9.93. The van der Waals surface area contributed by atoms with Crippen LogP contribution >= 0.6 is 0 Å². The number of hydrogen-bond acceptors (Lipinski definition) is 5. The van der Waals surface area contributed by atoms with Gasteiger partial charge in [-0.05, 0) is 50.6 Å². The highest BCUT2D eigenvalue weighted by Crippen LogP contribution is 2.35. The number of ether oxygens (including phenoxy) is 2. The number of carbonyl (C=O) groups excluding carboxylic acids is 3. The predicted octanol–water partition coefficient (Wildman–Crippen LogP) is 2.45. The zero-order valence-electron chi connectivity index (χ0n) is 15.8. The SMILES string of the molecule is C[C@@H](C(=O)NC(C)(C)c1ccc2c(c1)OCO2)N1C(=O)c2ccccc2C1=O. The number of amides is 3. The van der Waals surface area contributed by atoms with Gasteiger partial charge in [-0.3, -0.25) is 19.3 Å². The molecule has 0 unspecified atom stereocenters. The van der Waals surface area contributed by atoms with Gasteiger partial charge in [-0.25, -0.2) is 0 Å². The third-order valence-corrected chi connectivity index (χ3v) is 5.12. The van der Waals surface area contributed by atoms with Crippen LogP contribution in [0.3, 0.4) is 0 Å². The molecule has 0 saturated heterocycles. The fourth-order valence-corrected chi connectivity index (χ4v) is 3.45. The van der Waals surface area contributed by atoms with Crippen LogP contribution in [0.2, 0.25) is 0 Å². The lowest BCUT2D eigenvalue weighted by Gasteiger charge is -2.30. The van der Waals surface area contributed by atoms with Gasteiger partial charge in [0.1, 0.15) is 6.04 Å². The summed E-state index contributed by atoms with van der Waals surface area (Å²) in [6.07, 6.45) is 0. The minimum Gasteiger partial charge on any atom is -0.454 e.